The van der Waals surface area contributed by atoms with E-state index < -0.39 is 5.60 Å². The van der Waals surface area contributed by atoms with E-state index in [0.29, 0.717) is 6.04 Å². The maximum Gasteiger partial charge on any atom is 0.228 e. The Hall–Kier alpha value is -1.40. The summed E-state index contributed by atoms with van der Waals surface area (Å²) in [5.74, 6) is 0.647. The minimum absolute atomic E-state index is 0.109. The van der Waals surface area contributed by atoms with Gasteiger partial charge in [-0.05, 0) is 32.2 Å². The zero-order valence-corrected chi connectivity index (χ0v) is 14.0. The Morgan fingerprint density at radius 2 is 2.09 bits per heavy atom. The fourth-order valence-electron chi connectivity index (χ4n) is 3.88. The second-order valence-electron chi connectivity index (χ2n) is 6.98. The Morgan fingerprint density at radius 3 is 2.74 bits per heavy atom. The van der Waals surface area contributed by atoms with E-state index in [4.69, 9.17) is 0 Å². The van der Waals surface area contributed by atoms with Crippen LogP contribution in [0.15, 0.2) is 12.3 Å². The Kier molecular flexibility index (Phi) is 5.02. The summed E-state index contributed by atoms with van der Waals surface area (Å²) in [6.07, 6.45) is 7.53. The molecular weight excluding hydrogens is 292 g/mol. The molecule has 2 N–H and O–H groups in total. The lowest BCUT2D eigenvalue weighted by atomic mass is 9.98. The van der Waals surface area contributed by atoms with Crippen LogP contribution in [0.1, 0.15) is 57.9 Å². The van der Waals surface area contributed by atoms with Gasteiger partial charge in [-0.2, -0.15) is 5.10 Å². The van der Waals surface area contributed by atoms with Gasteiger partial charge in [0.2, 0.25) is 5.91 Å². The molecule has 6 heteroatoms. The zero-order valence-electron chi connectivity index (χ0n) is 14.0. The molecule has 0 radical (unpaired) electrons. The van der Waals surface area contributed by atoms with Crippen molar-refractivity contribution in [2.75, 3.05) is 25.0 Å². The summed E-state index contributed by atoms with van der Waals surface area (Å²) < 4.78 is 1.95. The summed E-state index contributed by atoms with van der Waals surface area (Å²) in [4.78, 5) is 14.7. The monoisotopic (exact) mass is 320 g/mol. The highest BCUT2D eigenvalue weighted by Gasteiger charge is 2.33. The van der Waals surface area contributed by atoms with Crippen molar-refractivity contribution in [3.8, 4) is 0 Å². The lowest BCUT2D eigenvalue weighted by Gasteiger charge is -2.32. The number of hydrogen-bond acceptors (Lipinski definition) is 4. The van der Waals surface area contributed by atoms with Crippen LogP contribution in [-0.2, 0) is 4.79 Å². The van der Waals surface area contributed by atoms with Gasteiger partial charge in [0.1, 0.15) is 5.82 Å². The molecule has 2 fully saturated rings. The van der Waals surface area contributed by atoms with Crippen molar-refractivity contribution >= 4 is 11.7 Å². The first-order valence-corrected chi connectivity index (χ1v) is 8.88. The third-order valence-corrected chi connectivity index (χ3v) is 5.31. The van der Waals surface area contributed by atoms with Crippen LogP contribution in [-0.4, -0.2) is 50.9 Å². The fraction of sp³-hybridized carbons (Fsp3) is 0.765. The number of aromatic nitrogens is 2. The zero-order chi connectivity index (χ0) is 16.3. The van der Waals surface area contributed by atoms with Crippen molar-refractivity contribution in [1.29, 1.82) is 0 Å². The van der Waals surface area contributed by atoms with Crippen LogP contribution in [0, 0.1) is 0 Å². The van der Waals surface area contributed by atoms with Crippen LogP contribution in [0.4, 0.5) is 5.82 Å². The smallest absolute Gasteiger partial charge is 0.228 e. The Balaban J connectivity index is 1.59. The van der Waals surface area contributed by atoms with Crippen LogP contribution in [0.25, 0.3) is 0 Å². The topological polar surface area (TPSA) is 70.4 Å². The van der Waals surface area contributed by atoms with Crippen LogP contribution in [0.5, 0.6) is 0 Å². The van der Waals surface area contributed by atoms with Crippen molar-refractivity contribution in [3.63, 3.8) is 0 Å². The third kappa shape index (κ3) is 3.93. The SMILES string of the molecule is CCN1CCC(n2nccc2NC(=O)CC2(O)CCCC2)CC1. The molecule has 2 heterocycles. The van der Waals surface area contributed by atoms with E-state index in [9.17, 15) is 9.90 Å². The molecular formula is C17H28N4O2. The molecule has 1 aromatic rings. The molecule has 0 unspecified atom stereocenters. The maximum atomic E-state index is 12.3. The molecule has 1 amide bonds. The molecule has 0 aromatic carbocycles. The lowest BCUT2D eigenvalue weighted by molar-refractivity contribution is -0.120. The molecule has 1 saturated heterocycles. The van der Waals surface area contributed by atoms with Gasteiger partial charge < -0.3 is 15.3 Å². The number of nitrogens with zero attached hydrogens (tertiary/aromatic N) is 3. The number of amides is 1. The minimum Gasteiger partial charge on any atom is -0.389 e. The van der Waals surface area contributed by atoms with Crippen molar-refractivity contribution in [2.45, 2.75) is 63.5 Å². The van der Waals surface area contributed by atoms with E-state index in [0.717, 1.165) is 64.0 Å². The van der Waals surface area contributed by atoms with Crippen LogP contribution in [0.3, 0.4) is 0 Å². The van der Waals surface area contributed by atoms with Gasteiger partial charge in [0, 0.05) is 19.2 Å². The number of nitrogens with one attached hydrogen (secondary N) is 1. The highest BCUT2D eigenvalue weighted by atomic mass is 16.3. The number of likely N-dealkylation sites (tertiary alicyclic amines) is 1. The molecule has 2 aliphatic rings. The van der Waals surface area contributed by atoms with Crippen molar-refractivity contribution in [3.05, 3.63) is 12.3 Å². The molecule has 6 nitrogen and oxygen atoms in total. The number of rotatable bonds is 5. The summed E-state index contributed by atoms with van der Waals surface area (Å²) in [7, 11) is 0. The first-order valence-electron chi connectivity index (χ1n) is 8.88. The number of piperidine rings is 1. The molecule has 0 spiro atoms. The molecule has 1 aromatic heterocycles. The predicted molar refractivity (Wildman–Crippen MR) is 89.3 cm³/mol. The number of carbonyl (C=O) groups excluding carboxylic acids is 1. The summed E-state index contributed by atoms with van der Waals surface area (Å²) in [6.45, 7) is 5.43. The van der Waals surface area contributed by atoms with E-state index >= 15 is 0 Å². The van der Waals surface area contributed by atoms with Gasteiger partial charge >= 0.3 is 0 Å². The highest BCUT2D eigenvalue weighted by molar-refractivity contribution is 5.90. The van der Waals surface area contributed by atoms with Gasteiger partial charge in [0.25, 0.3) is 0 Å². The molecule has 23 heavy (non-hydrogen) atoms. The Bertz CT molecular complexity index is 528. The average Bonchev–Trinajstić information content (AvgIpc) is 3.16. The fourth-order valence-corrected chi connectivity index (χ4v) is 3.88. The van der Waals surface area contributed by atoms with Gasteiger partial charge in [-0.3, -0.25) is 4.79 Å². The number of aliphatic hydroxyl groups is 1. The second-order valence-corrected chi connectivity index (χ2v) is 6.98. The van der Waals surface area contributed by atoms with Crippen LogP contribution >= 0.6 is 0 Å². The van der Waals surface area contributed by atoms with Gasteiger partial charge in [0.05, 0.1) is 24.3 Å². The van der Waals surface area contributed by atoms with Crippen molar-refractivity contribution < 1.29 is 9.90 Å². The molecule has 1 aliphatic carbocycles. The Labute approximate surface area is 137 Å². The van der Waals surface area contributed by atoms with Gasteiger partial charge in [0.15, 0.2) is 0 Å². The van der Waals surface area contributed by atoms with Crippen LogP contribution in [0.2, 0.25) is 0 Å². The van der Waals surface area contributed by atoms with Gasteiger partial charge in [-0.15, -0.1) is 0 Å². The van der Waals surface area contributed by atoms with E-state index in [1.807, 2.05) is 10.7 Å². The highest BCUT2D eigenvalue weighted by Crippen LogP contribution is 2.33. The van der Waals surface area contributed by atoms with Crippen molar-refractivity contribution in [1.82, 2.24) is 14.7 Å². The lowest BCUT2D eigenvalue weighted by Crippen LogP contribution is -2.35. The standard InChI is InChI=1S/C17H28N4O2/c1-2-20-11-6-14(7-12-20)21-15(5-10-18-21)19-16(22)13-17(23)8-3-4-9-17/h5,10,14,23H,2-4,6-9,11-13H2,1H3,(H,19,22). The first-order chi connectivity index (χ1) is 11.1. The van der Waals surface area contributed by atoms with Crippen LogP contribution < -0.4 is 5.32 Å². The summed E-state index contributed by atoms with van der Waals surface area (Å²) in [5, 5.41) is 17.7. The maximum absolute atomic E-state index is 12.3. The second kappa shape index (κ2) is 7.01. The Morgan fingerprint density at radius 1 is 1.39 bits per heavy atom. The molecule has 3 rings (SSSR count). The van der Waals surface area contributed by atoms with E-state index in [-0.39, 0.29) is 12.3 Å². The van der Waals surface area contributed by atoms with E-state index in [1.165, 1.54) is 0 Å². The van der Waals surface area contributed by atoms with Crippen molar-refractivity contribution in [2.24, 2.45) is 0 Å². The number of carbonyl (C=O) groups is 1. The van der Waals surface area contributed by atoms with E-state index in [2.05, 4.69) is 22.2 Å². The third-order valence-electron chi connectivity index (χ3n) is 5.31. The number of hydrogen-bond donors (Lipinski definition) is 2. The number of anilines is 1. The first kappa shape index (κ1) is 16.5. The molecule has 0 bridgehead atoms. The molecule has 1 saturated carbocycles. The molecule has 1 aliphatic heterocycles. The largest absolute Gasteiger partial charge is 0.389 e. The quantitative estimate of drug-likeness (QED) is 0.872. The normalized spacial score (nSPS) is 22.3. The summed E-state index contributed by atoms with van der Waals surface area (Å²) in [6, 6.07) is 2.20. The van der Waals surface area contributed by atoms with Gasteiger partial charge in [-0.1, -0.05) is 19.8 Å². The predicted octanol–water partition coefficient (Wildman–Crippen LogP) is 2.17. The minimum atomic E-state index is -0.804. The molecule has 128 valence electrons. The summed E-state index contributed by atoms with van der Waals surface area (Å²) in [5.41, 5.74) is -0.804. The molecule has 0 atom stereocenters. The summed E-state index contributed by atoms with van der Waals surface area (Å²) >= 11 is 0. The van der Waals surface area contributed by atoms with E-state index in [1.54, 1.807) is 6.20 Å². The van der Waals surface area contributed by atoms with Gasteiger partial charge in [-0.25, -0.2) is 4.68 Å². The average molecular weight is 320 g/mol.